The van der Waals surface area contributed by atoms with Crippen molar-refractivity contribution in [1.82, 2.24) is 0 Å². The first-order chi connectivity index (χ1) is 17.2. The molecule has 0 bridgehead atoms. The molecule has 0 radical (unpaired) electrons. The average molecular weight is 749 g/mol. The maximum Gasteiger partial charge on any atom is 0.492 e. The Labute approximate surface area is 247 Å². The van der Waals surface area contributed by atoms with E-state index in [1.807, 2.05) is 59.0 Å². The minimum absolute atomic E-state index is 0. The zero-order valence-electron chi connectivity index (χ0n) is 20.3. The van der Waals surface area contributed by atoms with Gasteiger partial charge in [-0.25, -0.2) is 8.78 Å². The Morgan fingerprint density at radius 2 is 1.22 bits per heavy atom. The summed E-state index contributed by atoms with van der Waals surface area (Å²) in [7, 11) is 1.60. The van der Waals surface area contributed by atoms with Crippen molar-refractivity contribution in [3.63, 3.8) is 0 Å². The van der Waals surface area contributed by atoms with Gasteiger partial charge in [0, 0.05) is 25.5 Å². The number of halogens is 5. The Hall–Kier alpha value is -1.99. The second-order valence-electron chi connectivity index (χ2n) is 6.95. The van der Waals surface area contributed by atoms with Crippen molar-refractivity contribution in [2.75, 3.05) is 14.2 Å². The van der Waals surface area contributed by atoms with E-state index >= 15 is 0 Å². The fourth-order valence-electron chi connectivity index (χ4n) is 2.96. The number of rotatable bonds is 4. The molecule has 0 unspecified atom stereocenters. The molecular formula is C27H25BBr2F2IO4-. The van der Waals surface area contributed by atoms with Gasteiger partial charge in [-0.3, -0.25) is 0 Å². The zero-order valence-corrected chi connectivity index (χ0v) is 25.6. The molecule has 4 nitrogen and oxygen atoms in total. The van der Waals surface area contributed by atoms with Gasteiger partial charge in [-0.2, -0.15) is 0 Å². The minimum atomic E-state index is -1.47. The van der Waals surface area contributed by atoms with Crippen LogP contribution in [-0.2, 0) is 0 Å². The fourth-order valence-corrected chi connectivity index (χ4v) is 4.22. The van der Waals surface area contributed by atoms with Crippen LogP contribution < -0.4 is 14.9 Å². The Morgan fingerprint density at radius 3 is 1.70 bits per heavy atom. The van der Waals surface area contributed by atoms with Crippen LogP contribution in [0.5, 0.6) is 11.5 Å². The zero-order chi connectivity index (χ0) is 26.7. The molecule has 4 aromatic rings. The highest BCUT2D eigenvalue weighted by molar-refractivity contribution is 14.1. The van der Waals surface area contributed by atoms with E-state index in [-0.39, 0.29) is 19.1 Å². The molecule has 196 valence electrons. The third-order valence-electron chi connectivity index (χ3n) is 4.66. The molecule has 4 aromatic carbocycles. The van der Waals surface area contributed by atoms with E-state index in [0.29, 0.717) is 26.1 Å². The van der Waals surface area contributed by atoms with Crippen LogP contribution in [0.25, 0.3) is 11.1 Å². The predicted octanol–water partition coefficient (Wildman–Crippen LogP) is 7.28. The van der Waals surface area contributed by atoms with Gasteiger partial charge in [0.15, 0.2) is 0 Å². The van der Waals surface area contributed by atoms with Gasteiger partial charge < -0.3 is 26.9 Å². The smallest absolute Gasteiger partial charge is 0.492 e. The number of benzene rings is 4. The summed E-state index contributed by atoms with van der Waals surface area (Å²) in [5.41, 5.74) is 1.66. The van der Waals surface area contributed by atoms with Crippen molar-refractivity contribution < 1.29 is 28.3 Å². The first kappa shape index (κ1) is 33.0. The highest BCUT2D eigenvalue weighted by atomic mass is 127. The molecule has 4 rings (SSSR count). The molecule has 0 saturated carbocycles. The van der Waals surface area contributed by atoms with E-state index in [4.69, 9.17) is 19.5 Å². The van der Waals surface area contributed by atoms with Crippen LogP contribution in [0.4, 0.5) is 8.78 Å². The molecule has 0 aliphatic heterocycles. The normalized spacial score (nSPS) is 9.54. The lowest BCUT2D eigenvalue weighted by Crippen LogP contribution is -2.30. The first-order valence-electron chi connectivity index (χ1n) is 10.4. The molecular weight excluding hydrogens is 724 g/mol. The van der Waals surface area contributed by atoms with Crippen LogP contribution >= 0.6 is 54.5 Å². The Bertz CT molecular complexity index is 1240. The minimum Gasteiger partial charge on any atom is -0.497 e. The van der Waals surface area contributed by atoms with Gasteiger partial charge in [0.1, 0.15) is 23.1 Å². The van der Waals surface area contributed by atoms with Crippen molar-refractivity contribution in [1.29, 1.82) is 0 Å². The lowest BCUT2D eigenvalue weighted by molar-refractivity contribution is 0.403. The summed E-state index contributed by atoms with van der Waals surface area (Å²) in [4.78, 5) is 0. The van der Waals surface area contributed by atoms with E-state index in [0.717, 1.165) is 14.5 Å². The fraction of sp³-hybridized carbons (Fsp3) is 0.0741. The molecule has 0 fully saturated rings. The summed E-state index contributed by atoms with van der Waals surface area (Å²) < 4.78 is 38.6. The van der Waals surface area contributed by atoms with Crippen LogP contribution in [-0.4, -0.2) is 31.4 Å². The monoisotopic (exact) mass is 747 g/mol. The van der Waals surface area contributed by atoms with E-state index in [9.17, 15) is 8.78 Å². The van der Waals surface area contributed by atoms with Crippen molar-refractivity contribution in [3.05, 3.63) is 117 Å². The maximum atomic E-state index is 13.8. The molecule has 0 heterocycles. The van der Waals surface area contributed by atoms with Crippen LogP contribution in [0.3, 0.4) is 0 Å². The highest BCUT2D eigenvalue weighted by Crippen LogP contribution is 2.36. The van der Waals surface area contributed by atoms with Gasteiger partial charge in [0.05, 0.1) is 17.8 Å². The summed E-state index contributed by atoms with van der Waals surface area (Å²) in [5.74, 6) is 0.708. The molecule has 0 amide bonds. The molecule has 2 N–H and O–H groups in total. The third kappa shape index (κ3) is 9.68. The predicted molar refractivity (Wildman–Crippen MR) is 162 cm³/mol. The van der Waals surface area contributed by atoms with E-state index in [2.05, 4.69) is 31.9 Å². The molecule has 0 spiro atoms. The molecule has 37 heavy (non-hydrogen) atoms. The Kier molecular flexibility index (Phi) is 15.0. The summed E-state index contributed by atoms with van der Waals surface area (Å²) in [6.07, 6.45) is 0. The lowest BCUT2D eigenvalue weighted by Gasteiger charge is -2.10. The average Bonchev–Trinajstić information content (AvgIpc) is 2.88. The first-order valence-corrected chi connectivity index (χ1v) is 13.0. The van der Waals surface area contributed by atoms with Crippen molar-refractivity contribution in [2.45, 2.75) is 0 Å². The third-order valence-corrected chi connectivity index (χ3v) is 7.82. The van der Waals surface area contributed by atoms with Crippen LogP contribution in [0.15, 0.2) is 93.9 Å². The molecule has 10 heteroatoms. The van der Waals surface area contributed by atoms with Crippen molar-refractivity contribution in [2.24, 2.45) is 0 Å². The van der Waals surface area contributed by atoms with Crippen LogP contribution in [0.1, 0.15) is 0 Å². The van der Waals surface area contributed by atoms with Gasteiger partial charge >= 0.3 is 7.12 Å². The van der Waals surface area contributed by atoms with E-state index in [1.54, 1.807) is 43.5 Å². The van der Waals surface area contributed by atoms with Crippen LogP contribution in [0.2, 0.25) is 0 Å². The van der Waals surface area contributed by atoms with Gasteiger partial charge in [-0.05, 0) is 74.9 Å². The number of ether oxygens (including phenoxy) is 2. The summed E-state index contributed by atoms with van der Waals surface area (Å²) in [5, 5.41) is 17.6. The summed E-state index contributed by atoms with van der Waals surface area (Å²) >= 11 is 8.50. The van der Waals surface area contributed by atoms with Gasteiger partial charge in [-0.1, -0.05) is 64.5 Å². The highest BCUT2D eigenvalue weighted by Gasteiger charge is 2.15. The molecule has 0 aromatic heterocycles. The quantitative estimate of drug-likeness (QED) is 0.0998. The summed E-state index contributed by atoms with van der Waals surface area (Å²) in [6, 6.07) is 24.0. The van der Waals surface area contributed by atoms with Gasteiger partial charge in [0.2, 0.25) is 0 Å². The standard InChI is InChI=1S/C13H10BrFO.C7H9BO3.C6H3BrFI.CH3/c1-16-12-8-3-2-5-9(12)13-10(14)6-4-7-11(13)15;1-11-7-5-3-2-4-6(7)8(9)10;7-4-2-1-3-5(8)6(4)9;/h2-8H,1H3;2-5,9-10H,1H3;1-3H;1H3/q;;;-1. The SMILES string of the molecule is COc1ccccc1-c1c(F)cccc1Br.COc1ccccc1B(O)O.Fc1cccc(Br)c1I.[CH3-]. The number of hydrogen-bond donors (Lipinski definition) is 2. The second-order valence-corrected chi connectivity index (χ2v) is 9.74. The van der Waals surface area contributed by atoms with E-state index < -0.39 is 7.12 Å². The Balaban J connectivity index is 0.000000287. The molecule has 0 aliphatic carbocycles. The maximum absolute atomic E-state index is 13.8. The number of para-hydroxylation sites is 2. The topological polar surface area (TPSA) is 58.9 Å². The number of methoxy groups -OCH3 is 2. The van der Waals surface area contributed by atoms with Crippen molar-refractivity contribution >= 4 is 67.0 Å². The Morgan fingerprint density at radius 1 is 0.703 bits per heavy atom. The molecule has 0 atom stereocenters. The lowest BCUT2D eigenvalue weighted by atomic mass is 9.80. The molecule has 0 aliphatic rings. The second kappa shape index (κ2) is 16.8. The van der Waals surface area contributed by atoms with Crippen molar-refractivity contribution in [3.8, 4) is 22.6 Å². The van der Waals surface area contributed by atoms with Gasteiger partial charge in [-0.15, -0.1) is 0 Å². The van der Waals surface area contributed by atoms with Crippen LogP contribution in [0, 0.1) is 22.6 Å². The molecule has 0 saturated heterocycles. The van der Waals surface area contributed by atoms with E-state index in [1.165, 1.54) is 19.2 Å². The van der Waals surface area contributed by atoms with Gasteiger partial charge in [0.25, 0.3) is 0 Å². The summed E-state index contributed by atoms with van der Waals surface area (Å²) in [6.45, 7) is 0. The number of hydrogen-bond acceptors (Lipinski definition) is 4. The largest absolute Gasteiger partial charge is 0.497 e.